The summed E-state index contributed by atoms with van der Waals surface area (Å²) in [4.78, 5) is 0. The predicted molar refractivity (Wildman–Crippen MR) is 69.3 cm³/mol. The van der Waals surface area contributed by atoms with Crippen LogP contribution in [-0.2, 0) is 0 Å². The predicted octanol–water partition coefficient (Wildman–Crippen LogP) is 3.80. The average molecular weight is 242 g/mol. The fraction of sp³-hybridized carbons (Fsp3) is 0.538. The van der Waals surface area contributed by atoms with Gasteiger partial charge in [-0.05, 0) is 38.1 Å². The van der Waals surface area contributed by atoms with Crippen molar-refractivity contribution in [3.8, 4) is 5.75 Å². The van der Waals surface area contributed by atoms with Gasteiger partial charge in [0.25, 0.3) is 0 Å². The molecule has 2 nitrogen and oxygen atoms in total. The van der Waals surface area contributed by atoms with Crippen molar-refractivity contribution in [3.05, 3.63) is 28.8 Å². The van der Waals surface area contributed by atoms with E-state index in [1.54, 1.807) is 0 Å². The van der Waals surface area contributed by atoms with E-state index < -0.39 is 0 Å². The highest BCUT2D eigenvalue weighted by Crippen LogP contribution is 2.27. The molecule has 0 heterocycles. The van der Waals surface area contributed by atoms with E-state index in [1.807, 2.05) is 25.2 Å². The fourth-order valence-corrected chi connectivity index (χ4v) is 1.64. The van der Waals surface area contributed by atoms with Crippen molar-refractivity contribution in [1.29, 1.82) is 0 Å². The molecule has 0 aromatic heterocycles. The van der Waals surface area contributed by atoms with E-state index in [1.165, 1.54) is 5.56 Å². The zero-order chi connectivity index (χ0) is 12.0. The van der Waals surface area contributed by atoms with Crippen LogP contribution in [0.1, 0.15) is 38.3 Å². The minimum atomic E-state index is 0.308. The summed E-state index contributed by atoms with van der Waals surface area (Å²) < 4.78 is 5.59. The van der Waals surface area contributed by atoms with E-state index in [-0.39, 0.29) is 0 Å². The van der Waals surface area contributed by atoms with E-state index in [4.69, 9.17) is 16.3 Å². The molecule has 1 aromatic carbocycles. The molecule has 1 unspecified atom stereocenters. The molecule has 0 amide bonds. The maximum atomic E-state index is 6.16. The molecule has 1 aromatic rings. The minimum absolute atomic E-state index is 0.308. The van der Waals surface area contributed by atoms with Gasteiger partial charge in [0.1, 0.15) is 5.75 Å². The summed E-state index contributed by atoms with van der Waals surface area (Å²) in [6, 6.07) is 6.27. The summed E-state index contributed by atoms with van der Waals surface area (Å²) in [6.07, 6.45) is 2.19. The van der Waals surface area contributed by atoms with Crippen molar-refractivity contribution in [2.75, 3.05) is 13.7 Å². The molecule has 0 aliphatic rings. The lowest BCUT2D eigenvalue weighted by atomic mass is 10.1. The first kappa shape index (κ1) is 13.3. The van der Waals surface area contributed by atoms with Crippen LogP contribution in [0.4, 0.5) is 0 Å². The molecule has 0 saturated carbocycles. The van der Waals surface area contributed by atoms with Gasteiger partial charge in [0, 0.05) is 6.04 Å². The molecule has 0 spiro atoms. The monoisotopic (exact) mass is 241 g/mol. The third kappa shape index (κ3) is 3.69. The Morgan fingerprint density at radius 3 is 2.75 bits per heavy atom. The normalized spacial score (nSPS) is 12.5. The summed E-state index contributed by atoms with van der Waals surface area (Å²) in [5.74, 6) is 0.780. The number of halogens is 1. The summed E-state index contributed by atoms with van der Waals surface area (Å²) in [5, 5.41) is 3.87. The second-order valence-electron chi connectivity index (χ2n) is 3.90. The molecule has 0 aliphatic heterocycles. The van der Waals surface area contributed by atoms with Gasteiger partial charge in [-0.2, -0.15) is 0 Å². The number of hydrogen-bond donors (Lipinski definition) is 1. The number of hydrogen-bond acceptors (Lipinski definition) is 2. The van der Waals surface area contributed by atoms with Crippen molar-refractivity contribution in [3.63, 3.8) is 0 Å². The summed E-state index contributed by atoms with van der Waals surface area (Å²) in [5.41, 5.74) is 1.18. The van der Waals surface area contributed by atoms with Crippen LogP contribution >= 0.6 is 11.6 Å². The number of benzene rings is 1. The molecule has 16 heavy (non-hydrogen) atoms. The van der Waals surface area contributed by atoms with Gasteiger partial charge in [0.05, 0.1) is 11.6 Å². The summed E-state index contributed by atoms with van der Waals surface area (Å²) >= 11 is 6.16. The Morgan fingerprint density at radius 1 is 1.44 bits per heavy atom. The van der Waals surface area contributed by atoms with E-state index in [0.717, 1.165) is 25.2 Å². The van der Waals surface area contributed by atoms with Gasteiger partial charge in [-0.25, -0.2) is 0 Å². The fourth-order valence-electron chi connectivity index (χ4n) is 1.40. The quantitative estimate of drug-likeness (QED) is 0.765. The van der Waals surface area contributed by atoms with Crippen LogP contribution in [0.15, 0.2) is 18.2 Å². The van der Waals surface area contributed by atoms with Crippen molar-refractivity contribution in [2.24, 2.45) is 0 Å². The standard InChI is InChI=1S/C13H20ClNO/c1-4-5-8-16-13-7-6-11(9-12(13)14)10(2)15-3/h6-7,9-10,15H,4-5,8H2,1-3H3. The van der Waals surface area contributed by atoms with E-state index in [9.17, 15) is 0 Å². The third-order valence-corrected chi connectivity index (χ3v) is 2.94. The van der Waals surface area contributed by atoms with Crippen LogP contribution in [0.2, 0.25) is 5.02 Å². The molecular formula is C13H20ClNO. The lowest BCUT2D eigenvalue weighted by Crippen LogP contribution is -2.12. The molecule has 1 N–H and O–H groups in total. The molecule has 0 bridgehead atoms. The van der Waals surface area contributed by atoms with Crippen LogP contribution in [0, 0.1) is 0 Å². The molecular weight excluding hydrogens is 222 g/mol. The topological polar surface area (TPSA) is 21.3 Å². The summed E-state index contributed by atoms with van der Waals surface area (Å²) in [6.45, 7) is 4.98. The van der Waals surface area contributed by atoms with Crippen LogP contribution in [0.5, 0.6) is 5.75 Å². The average Bonchev–Trinajstić information content (AvgIpc) is 2.30. The SMILES string of the molecule is CCCCOc1ccc(C(C)NC)cc1Cl. The highest BCUT2D eigenvalue weighted by Gasteiger charge is 2.06. The molecule has 3 heteroatoms. The molecule has 0 saturated heterocycles. The van der Waals surface area contributed by atoms with Crippen molar-refractivity contribution >= 4 is 11.6 Å². The number of rotatable bonds is 6. The van der Waals surface area contributed by atoms with Gasteiger partial charge in [0.15, 0.2) is 0 Å². The first-order chi connectivity index (χ1) is 7.69. The molecule has 0 aliphatic carbocycles. The smallest absolute Gasteiger partial charge is 0.137 e. The lowest BCUT2D eigenvalue weighted by molar-refractivity contribution is 0.309. The van der Waals surface area contributed by atoms with Gasteiger partial charge in [0.2, 0.25) is 0 Å². The molecule has 90 valence electrons. The second kappa shape index (κ2) is 6.77. The first-order valence-corrected chi connectivity index (χ1v) is 6.16. The first-order valence-electron chi connectivity index (χ1n) is 5.78. The Kier molecular flexibility index (Phi) is 5.64. The van der Waals surface area contributed by atoms with Crippen molar-refractivity contribution < 1.29 is 4.74 Å². The Balaban J connectivity index is 2.67. The van der Waals surface area contributed by atoms with Crippen molar-refractivity contribution in [2.45, 2.75) is 32.7 Å². The third-order valence-electron chi connectivity index (χ3n) is 2.64. The van der Waals surface area contributed by atoms with Crippen molar-refractivity contribution in [1.82, 2.24) is 5.32 Å². The minimum Gasteiger partial charge on any atom is -0.492 e. The highest BCUT2D eigenvalue weighted by molar-refractivity contribution is 6.32. The summed E-state index contributed by atoms with van der Waals surface area (Å²) in [7, 11) is 1.93. The maximum absolute atomic E-state index is 6.16. The lowest BCUT2D eigenvalue weighted by Gasteiger charge is -2.13. The zero-order valence-electron chi connectivity index (χ0n) is 10.2. The van der Waals surface area contributed by atoms with E-state index in [0.29, 0.717) is 11.1 Å². The van der Waals surface area contributed by atoms with Gasteiger partial charge in [-0.15, -0.1) is 0 Å². The van der Waals surface area contributed by atoms with Crippen LogP contribution in [-0.4, -0.2) is 13.7 Å². The Labute approximate surface area is 103 Å². The molecule has 0 radical (unpaired) electrons. The van der Waals surface area contributed by atoms with Gasteiger partial charge >= 0.3 is 0 Å². The Bertz CT molecular complexity index is 328. The van der Waals surface area contributed by atoms with Crippen LogP contribution in [0.3, 0.4) is 0 Å². The zero-order valence-corrected chi connectivity index (χ0v) is 11.0. The number of ether oxygens (including phenoxy) is 1. The molecule has 1 atom stereocenters. The number of nitrogens with one attached hydrogen (secondary N) is 1. The second-order valence-corrected chi connectivity index (χ2v) is 4.31. The van der Waals surface area contributed by atoms with Crippen LogP contribution < -0.4 is 10.1 Å². The molecule has 1 rings (SSSR count). The Morgan fingerprint density at radius 2 is 2.19 bits per heavy atom. The van der Waals surface area contributed by atoms with Crippen LogP contribution in [0.25, 0.3) is 0 Å². The highest BCUT2D eigenvalue weighted by atomic mass is 35.5. The van der Waals surface area contributed by atoms with E-state index in [2.05, 4.69) is 19.2 Å². The number of unbranched alkanes of at least 4 members (excludes halogenated alkanes) is 1. The van der Waals surface area contributed by atoms with Gasteiger partial charge in [-0.1, -0.05) is 31.0 Å². The maximum Gasteiger partial charge on any atom is 0.137 e. The van der Waals surface area contributed by atoms with Gasteiger partial charge in [-0.3, -0.25) is 0 Å². The van der Waals surface area contributed by atoms with E-state index >= 15 is 0 Å². The van der Waals surface area contributed by atoms with Gasteiger partial charge < -0.3 is 10.1 Å². The largest absolute Gasteiger partial charge is 0.492 e. The molecule has 0 fully saturated rings. The Hall–Kier alpha value is -0.730.